The first kappa shape index (κ1) is 20.9. The fourth-order valence-corrected chi connectivity index (χ4v) is 5.19. The number of rotatable bonds is 9. The van der Waals surface area contributed by atoms with Gasteiger partial charge in [0.05, 0.1) is 0 Å². The summed E-state index contributed by atoms with van der Waals surface area (Å²) in [6.45, 7) is 8.57. The molecule has 2 bridgehead atoms. The Kier molecular flexibility index (Phi) is 7.12. The number of aliphatic carboxylic acids is 1. The van der Waals surface area contributed by atoms with Crippen LogP contribution >= 0.6 is 0 Å². The summed E-state index contributed by atoms with van der Waals surface area (Å²) >= 11 is 0. The number of hydrogen-bond acceptors (Lipinski definition) is 2. The Morgan fingerprint density at radius 2 is 1.82 bits per heavy atom. The van der Waals surface area contributed by atoms with Crippen LogP contribution in [0, 0.1) is 44.4 Å². The van der Waals surface area contributed by atoms with Crippen molar-refractivity contribution in [1.29, 1.82) is 0 Å². The molecule has 0 aromatic heterocycles. The normalized spacial score (nSPS) is 26.2. The molecule has 3 aliphatic rings. The zero-order valence-corrected chi connectivity index (χ0v) is 17.6. The standard InChI is InChI=1S/C25H35NO2/c1-17-13-18(2)23(19(3)14-17)15-26-16-24-21-11-9-20(10-12-21)22(24)7-5-4-6-8-25(27)28/h5,7,9,11,13-14,20-22,24,26H,4,6,8,10,12,15-16H2,1-3H3,(H,27,28)/b7-5-/t20-,21+,22+,24+/m1/s1. The van der Waals surface area contributed by atoms with Crippen LogP contribution in [0.4, 0.5) is 0 Å². The first-order valence-corrected chi connectivity index (χ1v) is 10.8. The van der Waals surface area contributed by atoms with Crippen molar-refractivity contribution in [2.75, 3.05) is 6.54 Å². The van der Waals surface area contributed by atoms with E-state index in [1.807, 2.05) is 0 Å². The van der Waals surface area contributed by atoms with Crippen molar-refractivity contribution in [2.24, 2.45) is 23.7 Å². The van der Waals surface area contributed by atoms with Crippen LogP contribution in [0.1, 0.15) is 54.4 Å². The summed E-state index contributed by atoms with van der Waals surface area (Å²) in [4.78, 5) is 10.7. The smallest absolute Gasteiger partial charge is 0.303 e. The van der Waals surface area contributed by atoms with E-state index in [2.05, 4.69) is 62.5 Å². The molecule has 1 fully saturated rings. The molecular formula is C25H35NO2. The van der Waals surface area contributed by atoms with Crippen molar-refractivity contribution < 1.29 is 9.90 Å². The van der Waals surface area contributed by atoms with Gasteiger partial charge in [-0.05, 0) is 93.4 Å². The molecule has 152 valence electrons. The first-order chi connectivity index (χ1) is 13.5. The maximum absolute atomic E-state index is 10.7. The van der Waals surface area contributed by atoms with Crippen molar-refractivity contribution in [1.82, 2.24) is 5.32 Å². The number of aryl methyl sites for hydroxylation is 3. The van der Waals surface area contributed by atoms with E-state index in [-0.39, 0.29) is 6.42 Å². The van der Waals surface area contributed by atoms with Gasteiger partial charge in [-0.25, -0.2) is 0 Å². The van der Waals surface area contributed by atoms with Crippen molar-refractivity contribution in [3.63, 3.8) is 0 Å². The summed E-state index contributed by atoms with van der Waals surface area (Å²) in [5.41, 5.74) is 5.53. The molecule has 1 aromatic rings. The lowest BCUT2D eigenvalue weighted by atomic mass is 9.62. The minimum absolute atomic E-state index is 0.265. The highest BCUT2D eigenvalue weighted by atomic mass is 16.4. The van der Waals surface area contributed by atoms with Gasteiger partial charge >= 0.3 is 5.97 Å². The minimum atomic E-state index is -0.697. The Morgan fingerprint density at radius 3 is 2.46 bits per heavy atom. The summed E-state index contributed by atoms with van der Waals surface area (Å²) in [7, 11) is 0. The predicted molar refractivity (Wildman–Crippen MR) is 115 cm³/mol. The number of hydrogen-bond donors (Lipinski definition) is 2. The van der Waals surface area contributed by atoms with Crippen LogP contribution in [0.5, 0.6) is 0 Å². The molecule has 0 radical (unpaired) electrons. The van der Waals surface area contributed by atoms with Crippen LogP contribution in [0.2, 0.25) is 0 Å². The monoisotopic (exact) mass is 381 g/mol. The predicted octanol–water partition coefficient (Wildman–Crippen LogP) is 5.34. The Balaban J connectivity index is 1.58. The molecule has 28 heavy (non-hydrogen) atoms. The highest BCUT2D eigenvalue weighted by Crippen LogP contribution is 2.45. The summed E-state index contributed by atoms with van der Waals surface area (Å²) in [5.74, 6) is 1.85. The minimum Gasteiger partial charge on any atom is -0.481 e. The third-order valence-corrected chi connectivity index (χ3v) is 6.62. The number of allylic oxidation sites excluding steroid dienone is 4. The summed E-state index contributed by atoms with van der Waals surface area (Å²) < 4.78 is 0. The highest BCUT2D eigenvalue weighted by Gasteiger charge is 2.38. The van der Waals surface area contributed by atoms with Crippen LogP contribution in [0.25, 0.3) is 0 Å². The average molecular weight is 382 g/mol. The van der Waals surface area contributed by atoms with Crippen LogP contribution in [-0.2, 0) is 11.3 Å². The first-order valence-electron chi connectivity index (χ1n) is 10.8. The van der Waals surface area contributed by atoms with Crippen molar-refractivity contribution in [3.05, 3.63) is 58.7 Å². The van der Waals surface area contributed by atoms with E-state index in [1.54, 1.807) is 0 Å². The third-order valence-electron chi connectivity index (χ3n) is 6.62. The maximum Gasteiger partial charge on any atom is 0.303 e. The summed E-state index contributed by atoms with van der Waals surface area (Å²) in [5, 5.41) is 12.6. The van der Waals surface area contributed by atoms with Gasteiger partial charge in [0.1, 0.15) is 0 Å². The number of nitrogens with one attached hydrogen (secondary N) is 1. The Labute approximate surface area is 169 Å². The van der Waals surface area contributed by atoms with E-state index in [0.717, 1.165) is 25.9 Å². The molecule has 0 unspecified atom stereocenters. The number of carbonyl (C=O) groups is 1. The largest absolute Gasteiger partial charge is 0.481 e. The van der Waals surface area contributed by atoms with Crippen LogP contribution in [0.3, 0.4) is 0 Å². The van der Waals surface area contributed by atoms with Gasteiger partial charge in [0.2, 0.25) is 0 Å². The molecule has 0 saturated heterocycles. The molecule has 1 saturated carbocycles. The molecule has 0 aliphatic heterocycles. The van der Waals surface area contributed by atoms with Gasteiger partial charge in [-0.15, -0.1) is 0 Å². The van der Waals surface area contributed by atoms with Gasteiger partial charge in [0.15, 0.2) is 0 Å². The summed E-state index contributed by atoms with van der Waals surface area (Å²) in [6, 6.07) is 4.55. The lowest BCUT2D eigenvalue weighted by Gasteiger charge is -2.44. The molecule has 3 aliphatic carbocycles. The lowest BCUT2D eigenvalue weighted by molar-refractivity contribution is -0.137. The molecule has 0 heterocycles. The van der Waals surface area contributed by atoms with E-state index >= 15 is 0 Å². The van der Waals surface area contributed by atoms with E-state index in [9.17, 15) is 4.79 Å². The SMILES string of the molecule is Cc1cc(C)c(CNC[C@@H]2[C@@H](/C=C\CCCC(=O)O)[C@@H]3C=C[C@H]2CC3)c(C)c1. The van der Waals surface area contributed by atoms with Gasteiger partial charge in [-0.2, -0.15) is 0 Å². The van der Waals surface area contributed by atoms with Gasteiger partial charge in [-0.1, -0.05) is 42.0 Å². The van der Waals surface area contributed by atoms with Crippen LogP contribution in [0.15, 0.2) is 36.4 Å². The van der Waals surface area contributed by atoms with Gasteiger partial charge < -0.3 is 10.4 Å². The molecule has 3 heteroatoms. The zero-order chi connectivity index (χ0) is 20.1. The topological polar surface area (TPSA) is 49.3 Å². The van der Waals surface area contributed by atoms with E-state index in [4.69, 9.17) is 5.11 Å². The molecule has 4 atom stereocenters. The number of carboxylic acids is 1. The van der Waals surface area contributed by atoms with Crippen LogP contribution < -0.4 is 5.32 Å². The number of fused-ring (bicyclic) bond motifs is 2. The second-order valence-electron chi connectivity index (χ2n) is 8.75. The average Bonchev–Trinajstić information content (AvgIpc) is 2.65. The zero-order valence-electron chi connectivity index (χ0n) is 17.6. The van der Waals surface area contributed by atoms with E-state index < -0.39 is 5.97 Å². The molecule has 2 N–H and O–H groups in total. The lowest BCUT2D eigenvalue weighted by Crippen LogP contribution is -2.41. The molecule has 0 amide bonds. The van der Waals surface area contributed by atoms with Crippen molar-refractivity contribution in [2.45, 2.75) is 59.4 Å². The molecule has 4 rings (SSSR count). The molecule has 1 aromatic carbocycles. The van der Waals surface area contributed by atoms with E-state index in [0.29, 0.717) is 23.7 Å². The molecule has 0 spiro atoms. The Bertz CT molecular complexity index is 726. The number of benzene rings is 1. The highest BCUT2D eigenvalue weighted by molar-refractivity contribution is 5.66. The maximum atomic E-state index is 10.7. The van der Waals surface area contributed by atoms with Crippen molar-refractivity contribution in [3.8, 4) is 0 Å². The number of unbranched alkanes of at least 4 members (excludes halogenated alkanes) is 1. The van der Waals surface area contributed by atoms with Gasteiger partial charge in [0, 0.05) is 13.0 Å². The number of carboxylic acid groups (broad SMARTS) is 1. The van der Waals surface area contributed by atoms with Gasteiger partial charge in [-0.3, -0.25) is 4.79 Å². The Morgan fingerprint density at radius 1 is 1.14 bits per heavy atom. The van der Waals surface area contributed by atoms with Crippen LogP contribution in [-0.4, -0.2) is 17.6 Å². The molecular weight excluding hydrogens is 346 g/mol. The van der Waals surface area contributed by atoms with E-state index in [1.165, 1.54) is 35.1 Å². The quantitative estimate of drug-likeness (QED) is 0.448. The van der Waals surface area contributed by atoms with Crippen molar-refractivity contribution >= 4 is 5.97 Å². The fourth-order valence-electron chi connectivity index (χ4n) is 5.19. The fraction of sp³-hybridized carbons (Fsp3) is 0.560. The Hall–Kier alpha value is -1.87. The van der Waals surface area contributed by atoms with Gasteiger partial charge in [0.25, 0.3) is 0 Å². The molecule has 3 nitrogen and oxygen atoms in total. The second-order valence-corrected chi connectivity index (χ2v) is 8.75. The summed E-state index contributed by atoms with van der Waals surface area (Å²) in [6.07, 6.45) is 13.9. The third kappa shape index (κ3) is 5.14. The second kappa shape index (κ2) is 9.56.